The van der Waals surface area contributed by atoms with Crippen molar-refractivity contribution in [1.82, 2.24) is 5.32 Å². The van der Waals surface area contributed by atoms with Crippen molar-refractivity contribution in [1.29, 1.82) is 0 Å². The van der Waals surface area contributed by atoms with E-state index in [1.54, 1.807) is 0 Å². The van der Waals surface area contributed by atoms with Gasteiger partial charge in [0.1, 0.15) is 0 Å². The maximum Gasteiger partial charge on any atom is 0.241 e. The number of hydrogen-bond donors (Lipinski definition) is 2. The molecule has 3 unspecified atom stereocenters. The predicted molar refractivity (Wildman–Crippen MR) is 93.9 cm³/mol. The zero-order valence-corrected chi connectivity index (χ0v) is 14.0. The molecule has 0 spiro atoms. The smallest absolute Gasteiger partial charge is 0.241 e. The molecule has 1 aromatic carbocycles. The summed E-state index contributed by atoms with van der Waals surface area (Å²) in [6, 6.07) is 8.07. The van der Waals surface area contributed by atoms with Crippen LogP contribution in [0.4, 0.5) is 11.4 Å². The highest BCUT2D eigenvalue weighted by Crippen LogP contribution is 2.33. The number of amides is 2. The highest BCUT2D eigenvalue weighted by atomic mass is 16.2. The lowest BCUT2D eigenvalue weighted by Crippen LogP contribution is -2.39. The standard InChI is InChI=1S/C19H25N3O2/c23-18-6-3-11-22(18)15-9-7-14(8-10-15)20-19(24)17-12-13-4-1-2-5-16(13)21-17/h7-10,13,16-17,21H,1-6,11-12H2,(H,20,24). The van der Waals surface area contributed by atoms with Gasteiger partial charge in [-0.1, -0.05) is 12.8 Å². The lowest BCUT2D eigenvalue weighted by molar-refractivity contribution is -0.118. The van der Waals surface area contributed by atoms with E-state index in [-0.39, 0.29) is 17.9 Å². The topological polar surface area (TPSA) is 61.4 Å². The van der Waals surface area contributed by atoms with Gasteiger partial charge in [-0.15, -0.1) is 0 Å². The number of benzene rings is 1. The second-order valence-corrected chi connectivity index (χ2v) is 7.29. The Morgan fingerprint density at radius 2 is 1.92 bits per heavy atom. The zero-order chi connectivity index (χ0) is 16.5. The van der Waals surface area contributed by atoms with Gasteiger partial charge < -0.3 is 15.5 Å². The summed E-state index contributed by atoms with van der Waals surface area (Å²) in [5.41, 5.74) is 1.72. The Hall–Kier alpha value is -1.88. The van der Waals surface area contributed by atoms with Crippen molar-refractivity contribution in [3.05, 3.63) is 24.3 Å². The highest BCUT2D eigenvalue weighted by Gasteiger charge is 2.38. The van der Waals surface area contributed by atoms with E-state index < -0.39 is 0 Å². The van der Waals surface area contributed by atoms with E-state index in [9.17, 15) is 9.59 Å². The van der Waals surface area contributed by atoms with Gasteiger partial charge in [0.2, 0.25) is 11.8 Å². The molecule has 5 heteroatoms. The number of carbonyl (C=O) groups is 2. The summed E-state index contributed by atoms with van der Waals surface area (Å²) in [7, 11) is 0. The first kappa shape index (κ1) is 15.6. The largest absolute Gasteiger partial charge is 0.325 e. The highest BCUT2D eigenvalue weighted by molar-refractivity contribution is 5.97. The van der Waals surface area contributed by atoms with E-state index in [2.05, 4.69) is 10.6 Å². The average molecular weight is 327 g/mol. The third-order valence-corrected chi connectivity index (χ3v) is 5.70. The summed E-state index contributed by atoms with van der Waals surface area (Å²) >= 11 is 0. The summed E-state index contributed by atoms with van der Waals surface area (Å²) in [6.07, 6.45) is 7.54. The number of rotatable bonds is 3. The molecule has 1 aromatic rings. The molecule has 1 aliphatic carbocycles. The van der Waals surface area contributed by atoms with Crippen molar-refractivity contribution in [2.45, 2.75) is 57.0 Å². The second kappa shape index (κ2) is 6.55. The van der Waals surface area contributed by atoms with E-state index in [1.807, 2.05) is 29.2 Å². The Morgan fingerprint density at radius 1 is 1.12 bits per heavy atom. The van der Waals surface area contributed by atoms with Crippen molar-refractivity contribution in [2.75, 3.05) is 16.8 Å². The Labute approximate surface area is 142 Å². The first-order chi connectivity index (χ1) is 11.7. The molecule has 2 heterocycles. The summed E-state index contributed by atoms with van der Waals surface area (Å²) in [5, 5.41) is 6.53. The van der Waals surface area contributed by atoms with Gasteiger partial charge in [-0.05, 0) is 55.9 Å². The molecule has 2 saturated heterocycles. The Kier molecular flexibility index (Phi) is 4.27. The number of hydrogen-bond acceptors (Lipinski definition) is 3. The van der Waals surface area contributed by atoms with Gasteiger partial charge in [-0.3, -0.25) is 9.59 Å². The van der Waals surface area contributed by atoms with E-state index >= 15 is 0 Å². The number of nitrogens with one attached hydrogen (secondary N) is 2. The molecule has 0 bridgehead atoms. The van der Waals surface area contributed by atoms with Crippen molar-refractivity contribution in [2.24, 2.45) is 5.92 Å². The minimum atomic E-state index is -0.0714. The molecule has 0 aromatic heterocycles. The van der Waals surface area contributed by atoms with Crippen LogP contribution in [-0.2, 0) is 9.59 Å². The predicted octanol–water partition coefficient (Wildman–Crippen LogP) is 2.67. The van der Waals surface area contributed by atoms with Crippen LogP contribution < -0.4 is 15.5 Å². The van der Waals surface area contributed by atoms with Crippen LogP contribution in [0.25, 0.3) is 0 Å². The van der Waals surface area contributed by atoms with Gasteiger partial charge in [0.05, 0.1) is 6.04 Å². The van der Waals surface area contributed by atoms with Gasteiger partial charge in [0.15, 0.2) is 0 Å². The first-order valence-electron chi connectivity index (χ1n) is 9.18. The Balaban J connectivity index is 1.36. The average Bonchev–Trinajstić information content (AvgIpc) is 3.21. The molecule has 1 saturated carbocycles. The van der Waals surface area contributed by atoms with Gasteiger partial charge in [0.25, 0.3) is 0 Å². The number of fused-ring (bicyclic) bond motifs is 1. The van der Waals surface area contributed by atoms with E-state index in [0.29, 0.717) is 18.4 Å². The fraction of sp³-hybridized carbons (Fsp3) is 0.579. The quantitative estimate of drug-likeness (QED) is 0.897. The molecule has 3 fully saturated rings. The molecule has 2 amide bonds. The third-order valence-electron chi connectivity index (χ3n) is 5.70. The SMILES string of the molecule is O=C(Nc1ccc(N2CCCC2=O)cc1)C1CC2CCCCC2N1. The van der Waals surface area contributed by atoms with E-state index in [1.165, 1.54) is 25.7 Å². The molecule has 2 N–H and O–H groups in total. The number of anilines is 2. The molecular formula is C19H25N3O2. The fourth-order valence-corrected chi connectivity index (χ4v) is 4.40. The molecule has 2 aliphatic heterocycles. The maximum absolute atomic E-state index is 12.5. The summed E-state index contributed by atoms with van der Waals surface area (Å²) in [6.45, 7) is 0.791. The van der Waals surface area contributed by atoms with Crippen LogP contribution in [0.15, 0.2) is 24.3 Å². The molecule has 24 heavy (non-hydrogen) atoms. The van der Waals surface area contributed by atoms with Gasteiger partial charge in [-0.25, -0.2) is 0 Å². The van der Waals surface area contributed by atoms with Crippen LogP contribution in [0.3, 0.4) is 0 Å². The van der Waals surface area contributed by atoms with Gasteiger partial charge >= 0.3 is 0 Å². The van der Waals surface area contributed by atoms with Crippen LogP contribution in [0.2, 0.25) is 0 Å². The third kappa shape index (κ3) is 3.05. The fourth-order valence-electron chi connectivity index (χ4n) is 4.40. The molecular weight excluding hydrogens is 302 g/mol. The number of nitrogens with zero attached hydrogens (tertiary/aromatic N) is 1. The second-order valence-electron chi connectivity index (χ2n) is 7.29. The zero-order valence-electron chi connectivity index (χ0n) is 14.0. The van der Waals surface area contributed by atoms with Crippen LogP contribution in [-0.4, -0.2) is 30.4 Å². The monoisotopic (exact) mass is 327 g/mol. The van der Waals surface area contributed by atoms with E-state index in [4.69, 9.17) is 0 Å². The molecule has 4 rings (SSSR count). The Morgan fingerprint density at radius 3 is 2.62 bits per heavy atom. The lowest BCUT2D eigenvalue weighted by Gasteiger charge is -2.24. The molecule has 0 radical (unpaired) electrons. The first-order valence-corrected chi connectivity index (χ1v) is 9.18. The van der Waals surface area contributed by atoms with Crippen molar-refractivity contribution >= 4 is 23.2 Å². The maximum atomic E-state index is 12.5. The lowest BCUT2D eigenvalue weighted by atomic mass is 9.85. The van der Waals surface area contributed by atoms with Crippen LogP contribution in [0.5, 0.6) is 0 Å². The summed E-state index contributed by atoms with van der Waals surface area (Å²) in [5.74, 6) is 0.914. The normalized spacial score (nSPS) is 29.6. The van der Waals surface area contributed by atoms with Gasteiger partial charge in [0, 0.05) is 30.4 Å². The minimum absolute atomic E-state index is 0.0643. The van der Waals surface area contributed by atoms with Crippen molar-refractivity contribution < 1.29 is 9.59 Å². The molecule has 3 atom stereocenters. The van der Waals surface area contributed by atoms with Crippen LogP contribution in [0, 0.1) is 5.92 Å². The molecule has 5 nitrogen and oxygen atoms in total. The Bertz CT molecular complexity index is 614. The van der Waals surface area contributed by atoms with Gasteiger partial charge in [-0.2, -0.15) is 0 Å². The summed E-state index contributed by atoms with van der Waals surface area (Å²) in [4.78, 5) is 26.1. The van der Waals surface area contributed by atoms with Crippen molar-refractivity contribution in [3.63, 3.8) is 0 Å². The molecule has 3 aliphatic rings. The number of carbonyl (C=O) groups excluding carboxylic acids is 2. The van der Waals surface area contributed by atoms with Crippen LogP contribution >= 0.6 is 0 Å². The summed E-state index contributed by atoms with van der Waals surface area (Å²) < 4.78 is 0. The minimum Gasteiger partial charge on any atom is -0.325 e. The van der Waals surface area contributed by atoms with Crippen molar-refractivity contribution in [3.8, 4) is 0 Å². The molecule has 128 valence electrons. The van der Waals surface area contributed by atoms with Crippen LogP contribution in [0.1, 0.15) is 44.9 Å². The van der Waals surface area contributed by atoms with E-state index in [0.717, 1.165) is 30.8 Å².